The van der Waals surface area contributed by atoms with Gasteiger partial charge in [0.15, 0.2) is 5.85 Å². The van der Waals surface area contributed by atoms with E-state index >= 15 is 0 Å². The van der Waals surface area contributed by atoms with Crippen LogP contribution in [-0.4, -0.2) is 37.5 Å². The maximum atomic E-state index is 6.99. The summed E-state index contributed by atoms with van der Waals surface area (Å²) >= 11 is 0. The first-order valence-electron chi connectivity index (χ1n) is 9.88. The van der Waals surface area contributed by atoms with Gasteiger partial charge in [0.1, 0.15) is 0 Å². The van der Waals surface area contributed by atoms with Crippen molar-refractivity contribution in [3.63, 3.8) is 0 Å². The first kappa shape index (κ1) is 23.9. The molecule has 146 valence electrons. The minimum atomic E-state index is -0.500. The van der Waals surface area contributed by atoms with Crippen molar-refractivity contribution in [1.82, 2.24) is 10.2 Å². The molecule has 0 aromatic rings. The molecule has 3 nitrogen and oxygen atoms in total. The van der Waals surface area contributed by atoms with E-state index in [4.69, 9.17) is 4.74 Å². The molecule has 0 saturated heterocycles. The maximum absolute atomic E-state index is 6.99. The van der Waals surface area contributed by atoms with E-state index in [0.29, 0.717) is 5.92 Å². The zero-order valence-electron chi connectivity index (χ0n) is 18.8. The van der Waals surface area contributed by atoms with Crippen LogP contribution in [-0.2, 0) is 4.74 Å². The number of rotatable bonds is 10. The Morgan fingerprint density at radius 1 is 0.833 bits per heavy atom. The number of nitrogens with one attached hydrogen (secondary N) is 1. The van der Waals surface area contributed by atoms with Crippen molar-refractivity contribution in [3.8, 4) is 0 Å². The van der Waals surface area contributed by atoms with E-state index in [2.05, 4.69) is 93.7 Å². The molecule has 0 aromatic heterocycles. The molecule has 2 unspecified atom stereocenters. The van der Waals surface area contributed by atoms with E-state index in [1.165, 1.54) is 0 Å². The number of hydrogen-bond donors (Lipinski definition) is 1. The van der Waals surface area contributed by atoms with Crippen LogP contribution in [0.2, 0.25) is 0 Å². The van der Waals surface area contributed by atoms with Gasteiger partial charge in [0, 0.05) is 5.92 Å². The molecule has 24 heavy (non-hydrogen) atoms. The molecule has 0 spiro atoms. The molecule has 0 amide bonds. The Morgan fingerprint density at radius 2 is 1.25 bits per heavy atom. The SMILES string of the molecule is CCC(C)(CC)OC(NC)(C(C(C)(C)C)C(C)(CC)CC)N(C)C. The molecule has 0 aliphatic heterocycles. The van der Waals surface area contributed by atoms with E-state index in [1.54, 1.807) is 0 Å². The Balaban J connectivity index is 6.44. The first-order valence-corrected chi connectivity index (χ1v) is 9.88. The first-order chi connectivity index (χ1) is 10.8. The van der Waals surface area contributed by atoms with Crippen LogP contribution in [0, 0.1) is 16.7 Å². The molecule has 0 saturated carbocycles. The summed E-state index contributed by atoms with van der Waals surface area (Å²) in [6, 6.07) is 0. The van der Waals surface area contributed by atoms with Gasteiger partial charge < -0.3 is 4.74 Å². The molecular weight excluding hydrogens is 296 g/mol. The van der Waals surface area contributed by atoms with E-state index in [0.717, 1.165) is 25.7 Å². The van der Waals surface area contributed by atoms with Gasteiger partial charge in [-0.1, -0.05) is 68.2 Å². The smallest absolute Gasteiger partial charge is 0.180 e. The van der Waals surface area contributed by atoms with Crippen molar-refractivity contribution >= 4 is 0 Å². The van der Waals surface area contributed by atoms with Crippen molar-refractivity contribution in [3.05, 3.63) is 0 Å². The Labute approximate surface area is 152 Å². The van der Waals surface area contributed by atoms with Crippen LogP contribution in [0.1, 0.15) is 88.0 Å². The van der Waals surface area contributed by atoms with Gasteiger partial charge in [-0.2, -0.15) is 0 Å². The summed E-state index contributed by atoms with van der Waals surface area (Å²) in [4.78, 5) is 2.26. The normalized spacial score (nSPS) is 17.9. The summed E-state index contributed by atoms with van der Waals surface area (Å²) in [6.45, 7) is 20.8. The highest BCUT2D eigenvalue weighted by Crippen LogP contribution is 2.52. The van der Waals surface area contributed by atoms with Crippen LogP contribution < -0.4 is 5.32 Å². The molecule has 3 heteroatoms. The summed E-state index contributed by atoms with van der Waals surface area (Å²) in [5.74, 6) is -0.162. The summed E-state index contributed by atoms with van der Waals surface area (Å²) in [5.41, 5.74) is 0.156. The van der Waals surface area contributed by atoms with Gasteiger partial charge in [0.25, 0.3) is 0 Å². The molecule has 0 aliphatic carbocycles. The van der Waals surface area contributed by atoms with Crippen LogP contribution >= 0.6 is 0 Å². The third kappa shape index (κ3) is 4.74. The van der Waals surface area contributed by atoms with Crippen LogP contribution in [0.5, 0.6) is 0 Å². The van der Waals surface area contributed by atoms with Gasteiger partial charge in [0.2, 0.25) is 0 Å². The van der Waals surface area contributed by atoms with E-state index in [9.17, 15) is 0 Å². The molecule has 0 aliphatic rings. The van der Waals surface area contributed by atoms with Crippen molar-refractivity contribution in [2.45, 2.75) is 99.4 Å². The van der Waals surface area contributed by atoms with Gasteiger partial charge in [-0.25, -0.2) is 0 Å². The average molecular weight is 343 g/mol. The lowest BCUT2D eigenvalue weighted by atomic mass is 9.59. The van der Waals surface area contributed by atoms with E-state index < -0.39 is 5.85 Å². The van der Waals surface area contributed by atoms with Gasteiger partial charge in [0.05, 0.1) is 5.60 Å². The van der Waals surface area contributed by atoms with Gasteiger partial charge >= 0.3 is 0 Å². The highest BCUT2D eigenvalue weighted by atomic mass is 16.6. The Hall–Kier alpha value is -0.120. The summed E-state index contributed by atoms with van der Waals surface area (Å²) < 4.78 is 6.99. The zero-order chi connectivity index (χ0) is 19.4. The lowest BCUT2D eigenvalue weighted by molar-refractivity contribution is -0.290. The van der Waals surface area contributed by atoms with Crippen molar-refractivity contribution < 1.29 is 4.74 Å². The van der Waals surface area contributed by atoms with Crippen molar-refractivity contribution in [2.75, 3.05) is 21.1 Å². The predicted octanol–water partition coefficient (Wildman–Crippen LogP) is 5.51. The van der Waals surface area contributed by atoms with Crippen LogP contribution in [0.15, 0.2) is 0 Å². The maximum Gasteiger partial charge on any atom is 0.180 e. The fraction of sp³-hybridized carbons (Fsp3) is 1.00. The van der Waals surface area contributed by atoms with Crippen LogP contribution in [0.25, 0.3) is 0 Å². The molecule has 0 bridgehead atoms. The molecule has 0 fully saturated rings. The molecule has 1 N–H and O–H groups in total. The Bertz CT molecular complexity index is 365. The van der Waals surface area contributed by atoms with Gasteiger partial charge in [-0.3, -0.25) is 10.2 Å². The van der Waals surface area contributed by atoms with Crippen molar-refractivity contribution in [1.29, 1.82) is 0 Å². The summed E-state index contributed by atoms with van der Waals surface area (Å²) in [6.07, 6.45) is 4.29. The minimum Gasteiger partial charge on any atom is -0.341 e. The lowest BCUT2D eigenvalue weighted by Crippen LogP contribution is -2.70. The average Bonchev–Trinajstić information content (AvgIpc) is 2.52. The minimum absolute atomic E-state index is 0.108. The molecule has 2 atom stereocenters. The van der Waals surface area contributed by atoms with E-state index in [-0.39, 0.29) is 16.4 Å². The van der Waals surface area contributed by atoms with Gasteiger partial charge in [-0.15, -0.1) is 0 Å². The Kier molecular flexibility index (Phi) is 8.47. The fourth-order valence-electron chi connectivity index (χ4n) is 4.36. The standard InChI is InChI=1S/C21H46N2O/c1-13-19(8,14-2)17(18(5,6)7)21(22-10,23(11)12)24-20(9,15-3)16-4/h17,22H,13-16H2,1-12H3. The second-order valence-electron chi connectivity index (χ2n) is 9.26. The Morgan fingerprint density at radius 3 is 1.46 bits per heavy atom. The fourth-order valence-corrected chi connectivity index (χ4v) is 4.36. The lowest BCUT2D eigenvalue weighted by Gasteiger charge is -2.59. The predicted molar refractivity (Wildman–Crippen MR) is 107 cm³/mol. The number of hydrogen-bond acceptors (Lipinski definition) is 3. The monoisotopic (exact) mass is 342 g/mol. The quantitative estimate of drug-likeness (QED) is 0.530. The third-order valence-corrected chi connectivity index (χ3v) is 6.49. The highest BCUT2D eigenvalue weighted by molar-refractivity contribution is 5.00. The van der Waals surface area contributed by atoms with Crippen molar-refractivity contribution in [2.24, 2.45) is 16.7 Å². The largest absolute Gasteiger partial charge is 0.341 e. The topological polar surface area (TPSA) is 24.5 Å². The molecular formula is C21H46N2O. The zero-order valence-corrected chi connectivity index (χ0v) is 18.8. The summed E-state index contributed by atoms with van der Waals surface area (Å²) in [5, 5.41) is 3.62. The number of ether oxygens (including phenoxy) is 1. The summed E-state index contributed by atoms with van der Waals surface area (Å²) in [7, 11) is 6.34. The van der Waals surface area contributed by atoms with Gasteiger partial charge in [-0.05, 0) is 51.7 Å². The van der Waals surface area contributed by atoms with Crippen LogP contribution in [0.3, 0.4) is 0 Å². The number of nitrogens with zero attached hydrogens (tertiary/aromatic N) is 1. The molecule has 0 radical (unpaired) electrons. The van der Waals surface area contributed by atoms with Crippen LogP contribution in [0.4, 0.5) is 0 Å². The molecule has 0 aromatic carbocycles. The molecule has 0 rings (SSSR count). The second kappa shape index (κ2) is 8.51. The third-order valence-electron chi connectivity index (χ3n) is 6.49. The molecule has 0 heterocycles. The van der Waals surface area contributed by atoms with E-state index in [1.807, 2.05) is 0 Å². The second-order valence-corrected chi connectivity index (χ2v) is 9.26. The highest BCUT2D eigenvalue weighted by Gasteiger charge is 2.56.